The maximum atomic E-state index is 12.8. The zero-order chi connectivity index (χ0) is 22.5. The molecule has 1 aliphatic rings. The van der Waals surface area contributed by atoms with Crippen molar-refractivity contribution in [3.8, 4) is 5.75 Å². The largest absolute Gasteiger partial charge is 0.490 e. The third-order valence-electron chi connectivity index (χ3n) is 5.99. The van der Waals surface area contributed by atoms with Crippen LogP contribution >= 0.6 is 11.8 Å². The molecular weight excluding hydrogens is 420 g/mol. The van der Waals surface area contributed by atoms with E-state index in [4.69, 9.17) is 4.74 Å². The second-order valence-electron chi connectivity index (χ2n) is 8.33. The van der Waals surface area contributed by atoms with Crippen molar-refractivity contribution < 1.29 is 9.53 Å². The molecule has 1 aromatic heterocycles. The second kappa shape index (κ2) is 10.2. The van der Waals surface area contributed by atoms with E-state index in [1.54, 1.807) is 0 Å². The Morgan fingerprint density at radius 2 is 1.78 bits per heavy atom. The minimum Gasteiger partial charge on any atom is -0.490 e. The molecule has 1 fully saturated rings. The Morgan fingerprint density at radius 3 is 2.50 bits per heavy atom. The van der Waals surface area contributed by atoms with E-state index in [1.807, 2.05) is 36.1 Å². The molecule has 1 amide bonds. The zero-order valence-electron chi connectivity index (χ0n) is 19.0. The molecule has 1 aliphatic heterocycles. The van der Waals surface area contributed by atoms with Crippen molar-refractivity contribution >= 4 is 17.7 Å². The lowest BCUT2D eigenvalue weighted by Gasteiger charge is -2.32. The summed E-state index contributed by atoms with van der Waals surface area (Å²) in [7, 11) is 0. The molecule has 4 rings (SSSR count). The van der Waals surface area contributed by atoms with Crippen LogP contribution < -0.4 is 4.74 Å². The van der Waals surface area contributed by atoms with Crippen LogP contribution in [0.2, 0.25) is 0 Å². The quantitative estimate of drug-likeness (QED) is 0.499. The van der Waals surface area contributed by atoms with Gasteiger partial charge in [0, 0.05) is 25.9 Å². The molecule has 0 radical (unpaired) electrons. The molecular formula is C25H30N4O2S. The highest BCUT2D eigenvalue weighted by molar-refractivity contribution is 7.99. The lowest BCUT2D eigenvalue weighted by Crippen LogP contribution is -2.42. The second-order valence-corrected chi connectivity index (χ2v) is 9.28. The van der Waals surface area contributed by atoms with Gasteiger partial charge in [0.1, 0.15) is 17.7 Å². The first kappa shape index (κ1) is 22.4. The average molecular weight is 451 g/mol. The molecule has 6 nitrogen and oxygen atoms in total. The first-order valence-corrected chi connectivity index (χ1v) is 12.1. The summed E-state index contributed by atoms with van der Waals surface area (Å²) in [6.45, 7) is 8.31. The van der Waals surface area contributed by atoms with Crippen molar-refractivity contribution in [3.63, 3.8) is 0 Å². The van der Waals surface area contributed by atoms with Crippen molar-refractivity contribution in [2.75, 3.05) is 18.8 Å². The number of ether oxygens (including phenoxy) is 1. The number of amides is 1. The van der Waals surface area contributed by atoms with E-state index in [2.05, 4.69) is 52.9 Å². The summed E-state index contributed by atoms with van der Waals surface area (Å²) in [5, 5.41) is 9.29. The van der Waals surface area contributed by atoms with Crippen LogP contribution in [0.5, 0.6) is 5.75 Å². The summed E-state index contributed by atoms with van der Waals surface area (Å²) < 4.78 is 8.23. The van der Waals surface area contributed by atoms with E-state index in [0.29, 0.717) is 12.3 Å². The van der Waals surface area contributed by atoms with Crippen LogP contribution in [-0.4, -0.2) is 50.5 Å². The molecule has 0 saturated carbocycles. The van der Waals surface area contributed by atoms with Crippen LogP contribution in [0.15, 0.2) is 53.7 Å². The van der Waals surface area contributed by atoms with Crippen molar-refractivity contribution in [2.45, 2.75) is 51.4 Å². The maximum Gasteiger partial charge on any atom is 0.233 e. The van der Waals surface area contributed by atoms with Crippen LogP contribution in [0.25, 0.3) is 0 Å². The summed E-state index contributed by atoms with van der Waals surface area (Å²) in [5.41, 5.74) is 3.70. The van der Waals surface area contributed by atoms with E-state index < -0.39 is 0 Å². The summed E-state index contributed by atoms with van der Waals surface area (Å²) in [5.74, 6) is 2.29. The smallest absolute Gasteiger partial charge is 0.233 e. The third-order valence-corrected chi connectivity index (χ3v) is 6.94. The van der Waals surface area contributed by atoms with Gasteiger partial charge in [0.05, 0.1) is 12.3 Å². The molecule has 0 bridgehead atoms. The van der Waals surface area contributed by atoms with Gasteiger partial charge in [-0.25, -0.2) is 0 Å². The van der Waals surface area contributed by atoms with Crippen LogP contribution in [0.3, 0.4) is 0 Å². The van der Waals surface area contributed by atoms with E-state index >= 15 is 0 Å². The number of thioether (sulfide) groups is 1. The Hall–Kier alpha value is -2.80. The van der Waals surface area contributed by atoms with Crippen molar-refractivity contribution in [3.05, 3.63) is 71.0 Å². The molecule has 0 N–H and O–H groups in total. The van der Waals surface area contributed by atoms with Crippen molar-refractivity contribution in [2.24, 2.45) is 0 Å². The molecule has 2 aromatic carbocycles. The Morgan fingerprint density at radius 1 is 1.03 bits per heavy atom. The highest BCUT2D eigenvalue weighted by atomic mass is 32.2. The molecule has 0 atom stereocenters. The Kier molecular flexibility index (Phi) is 7.15. The van der Waals surface area contributed by atoms with E-state index in [0.717, 1.165) is 42.7 Å². The van der Waals surface area contributed by atoms with Gasteiger partial charge in [0.25, 0.3) is 0 Å². The summed E-state index contributed by atoms with van der Waals surface area (Å²) in [6, 6.07) is 16.5. The van der Waals surface area contributed by atoms with Crippen molar-refractivity contribution in [1.82, 2.24) is 19.7 Å². The number of likely N-dealkylation sites (tertiary alicyclic amines) is 1. The van der Waals surface area contributed by atoms with Crippen LogP contribution in [-0.2, 0) is 11.3 Å². The zero-order valence-corrected chi connectivity index (χ0v) is 19.8. The number of benzene rings is 2. The number of aromatic nitrogens is 3. The molecule has 0 unspecified atom stereocenters. The van der Waals surface area contributed by atoms with Gasteiger partial charge in [-0.2, -0.15) is 0 Å². The molecule has 168 valence electrons. The van der Waals surface area contributed by atoms with E-state index in [1.165, 1.54) is 28.5 Å². The van der Waals surface area contributed by atoms with Crippen LogP contribution in [0.1, 0.15) is 35.4 Å². The lowest BCUT2D eigenvalue weighted by atomic mass is 10.1. The van der Waals surface area contributed by atoms with Gasteiger partial charge in [-0.1, -0.05) is 48.2 Å². The Labute approximate surface area is 194 Å². The maximum absolute atomic E-state index is 12.8. The molecule has 0 aliphatic carbocycles. The summed E-state index contributed by atoms with van der Waals surface area (Å²) in [6.07, 6.45) is 1.87. The number of hydrogen-bond donors (Lipinski definition) is 0. The van der Waals surface area contributed by atoms with E-state index in [9.17, 15) is 4.79 Å². The van der Waals surface area contributed by atoms with Gasteiger partial charge in [-0.15, -0.1) is 10.2 Å². The molecule has 7 heteroatoms. The average Bonchev–Trinajstić information content (AvgIpc) is 3.15. The van der Waals surface area contributed by atoms with Crippen LogP contribution in [0, 0.1) is 20.8 Å². The minimum absolute atomic E-state index is 0.145. The molecule has 2 heterocycles. The highest BCUT2D eigenvalue weighted by Gasteiger charge is 2.24. The number of piperidine rings is 1. The number of hydrogen-bond acceptors (Lipinski definition) is 5. The van der Waals surface area contributed by atoms with Gasteiger partial charge in [-0.3, -0.25) is 4.79 Å². The van der Waals surface area contributed by atoms with Gasteiger partial charge in [0.2, 0.25) is 5.91 Å². The van der Waals surface area contributed by atoms with E-state index in [-0.39, 0.29) is 12.0 Å². The fraction of sp³-hybridized carbons (Fsp3) is 0.400. The molecule has 32 heavy (non-hydrogen) atoms. The predicted molar refractivity (Wildman–Crippen MR) is 127 cm³/mol. The number of aryl methyl sites for hydroxylation is 3. The monoisotopic (exact) mass is 450 g/mol. The number of nitrogens with zero attached hydrogens (tertiary/aromatic N) is 4. The number of rotatable bonds is 7. The Balaban J connectivity index is 1.27. The normalized spacial score (nSPS) is 14.5. The molecule has 0 spiro atoms. The lowest BCUT2D eigenvalue weighted by molar-refractivity contribution is -0.130. The molecule has 3 aromatic rings. The van der Waals surface area contributed by atoms with Gasteiger partial charge in [0.15, 0.2) is 5.16 Å². The van der Waals surface area contributed by atoms with Crippen molar-refractivity contribution in [1.29, 1.82) is 0 Å². The van der Waals surface area contributed by atoms with Gasteiger partial charge < -0.3 is 14.2 Å². The first-order valence-electron chi connectivity index (χ1n) is 11.1. The fourth-order valence-electron chi connectivity index (χ4n) is 3.84. The number of carbonyl (C=O) groups excluding carboxylic acids is 1. The highest BCUT2D eigenvalue weighted by Crippen LogP contribution is 2.23. The SMILES string of the molecule is Cc1ccc(OC2CCN(C(=O)CSc3nnc(C)n3Cc3ccccc3)CC2)cc1C. The summed E-state index contributed by atoms with van der Waals surface area (Å²) in [4.78, 5) is 14.7. The first-order chi connectivity index (χ1) is 15.5. The van der Waals surface area contributed by atoms with Gasteiger partial charge >= 0.3 is 0 Å². The van der Waals surface area contributed by atoms with Gasteiger partial charge in [-0.05, 0) is 49.6 Å². The fourth-order valence-corrected chi connectivity index (χ4v) is 4.72. The standard InChI is InChI=1S/C25H30N4O2S/c1-18-9-10-23(15-19(18)2)31-22-11-13-28(14-12-22)24(30)17-32-25-27-26-20(3)29(25)16-21-7-5-4-6-8-21/h4-10,15,22H,11-14,16-17H2,1-3H3. The molecule has 1 saturated heterocycles. The number of carbonyl (C=O) groups is 1. The predicted octanol–water partition coefficient (Wildman–Crippen LogP) is 4.41. The third kappa shape index (κ3) is 5.51. The topological polar surface area (TPSA) is 60.2 Å². The minimum atomic E-state index is 0.145. The van der Waals surface area contributed by atoms with Crippen LogP contribution in [0.4, 0.5) is 0 Å². The Bertz CT molecular complexity index is 1060. The summed E-state index contributed by atoms with van der Waals surface area (Å²) >= 11 is 1.46.